The maximum Gasteiger partial charge on any atom is 0.273 e. The van der Waals surface area contributed by atoms with E-state index in [1.165, 1.54) is 0 Å². The van der Waals surface area contributed by atoms with Crippen LogP contribution in [0.1, 0.15) is 23.8 Å². The quantitative estimate of drug-likeness (QED) is 0.786. The Bertz CT molecular complexity index is 579. The third-order valence-electron chi connectivity index (χ3n) is 3.21. The van der Waals surface area contributed by atoms with Crippen molar-refractivity contribution in [2.24, 2.45) is 5.92 Å². The Balaban J connectivity index is 1.93. The lowest BCUT2D eigenvalue weighted by atomic mass is 10.1. The summed E-state index contributed by atoms with van der Waals surface area (Å²) in [7, 11) is -2.91. The Morgan fingerprint density at radius 2 is 2.37 bits per heavy atom. The molecule has 1 atom stereocenters. The molecule has 7 nitrogen and oxygen atoms in total. The van der Waals surface area contributed by atoms with E-state index in [9.17, 15) is 13.2 Å². The van der Waals surface area contributed by atoms with Gasteiger partial charge in [-0.15, -0.1) is 0 Å². The number of nitrogens with one attached hydrogen (secondary N) is 1. The molecule has 0 aliphatic carbocycles. The van der Waals surface area contributed by atoms with E-state index < -0.39 is 9.84 Å². The Morgan fingerprint density at radius 1 is 1.63 bits per heavy atom. The topological polar surface area (TPSA) is 107 Å². The number of amides is 1. The molecule has 1 saturated heterocycles. The van der Waals surface area contributed by atoms with Crippen LogP contribution in [0, 0.1) is 5.92 Å². The number of nitrogen functional groups attached to an aromatic ring is 1. The maximum atomic E-state index is 11.9. The number of carbonyl (C=O) groups excluding carboxylic acids is 1. The summed E-state index contributed by atoms with van der Waals surface area (Å²) in [5.41, 5.74) is 6.23. The van der Waals surface area contributed by atoms with Crippen LogP contribution < -0.4 is 11.1 Å². The average Bonchev–Trinajstić information content (AvgIpc) is 2.89. The van der Waals surface area contributed by atoms with E-state index in [2.05, 4.69) is 10.4 Å². The molecule has 0 aromatic carbocycles. The molecule has 0 radical (unpaired) electrons. The SMILES string of the molecule is CCn1cc(N)c(C(=O)NCC2CCS(=O)(=O)C2)n1. The minimum Gasteiger partial charge on any atom is -0.396 e. The molecular weight excluding hydrogens is 268 g/mol. The van der Waals surface area contributed by atoms with Crippen molar-refractivity contribution in [2.75, 3.05) is 23.8 Å². The van der Waals surface area contributed by atoms with E-state index in [4.69, 9.17) is 5.73 Å². The molecule has 0 bridgehead atoms. The summed E-state index contributed by atoms with van der Waals surface area (Å²) in [5.74, 6) is -0.0100. The van der Waals surface area contributed by atoms with E-state index >= 15 is 0 Å². The summed E-state index contributed by atoms with van der Waals surface area (Å²) in [5, 5.41) is 6.76. The minimum absolute atomic E-state index is 0.0107. The molecular formula is C11H18N4O3S. The van der Waals surface area contributed by atoms with Crippen molar-refractivity contribution >= 4 is 21.4 Å². The molecule has 3 N–H and O–H groups in total. The normalized spacial score (nSPS) is 21.4. The number of hydrogen-bond donors (Lipinski definition) is 2. The molecule has 1 unspecified atom stereocenters. The Hall–Kier alpha value is -1.57. The van der Waals surface area contributed by atoms with Crippen LogP contribution in [0.15, 0.2) is 6.20 Å². The molecule has 1 aliphatic heterocycles. The molecule has 8 heteroatoms. The lowest BCUT2D eigenvalue weighted by Gasteiger charge is -2.08. The largest absolute Gasteiger partial charge is 0.396 e. The van der Waals surface area contributed by atoms with Gasteiger partial charge in [-0.25, -0.2) is 8.42 Å². The molecule has 2 rings (SSSR count). The second-order valence-corrected chi connectivity index (χ2v) is 7.00. The monoisotopic (exact) mass is 286 g/mol. The summed E-state index contributed by atoms with van der Waals surface area (Å²) < 4.78 is 24.2. The lowest BCUT2D eigenvalue weighted by molar-refractivity contribution is 0.0943. The highest BCUT2D eigenvalue weighted by molar-refractivity contribution is 7.91. The van der Waals surface area contributed by atoms with Crippen molar-refractivity contribution in [1.29, 1.82) is 0 Å². The van der Waals surface area contributed by atoms with E-state index in [1.807, 2.05) is 6.92 Å². The van der Waals surface area contributed by atoms with Crippen molar-refractivity contribution in [3.63, 3.8) is 0 Å². The fraction of sp³-hybridized carbons (Fsp3) is 0.636. The molecule has 0 spiro atoms. The van der Waals surface area contributed by atoms with Crippen LogP contribution in [0.5, 0.6) is 0 Å². The molecule has 1 aliphatic rings. The highest BCUT2D eigenvalue weighted by Gasteiger charge is 2.28. The Labute approximate surface area is 112 Å². The molecule has 1 aromatic heterocycles. The van der Waals surface area contributed by atoms with Gasteiger partial charge in [0.15, 0.2) is 15.5 Å². The van der Waals surface area contributed by atoms with Gasteiger partial charge in [0.1, 0.15) is 0 Å². The number of sulfone groups is 1. The average molecular weight is 286 g/mol. The van der Waals surface area contributed by atoms with Crippen molar-refractivity contribution in [3.05, 3.63) is 11.9 Å². The van der Waals surface area contributed by atoms with E-state index in [-0.39, 0.29) is 29.0 Å². The summed E-state index contributed by atoms with van der Waals surface area (Å²) in [6.45, 7) is 2.88. The molecule has 2 heterocycles. The zero-order chi connectivity index (χ0) is 14.0. The van der Waals surface area contributed by atoms with Gasteiger partial charge in [0.25, 0.3) is 5.91 Å². The Morgan fingerprint density at radius 3 is 2.89 bits per heavy atom. The molecule has 1 aromatic rings. The number of aryl methyl sites for hydroxylation is 1. The van der Waals surface area contributed by atoms with Gasteiger partial charge in [-0.2, -0.15) is 5.10 Å². The number of aromatic nitrogens is 2. The van der Waals surface area contributed by atoms with Crippen molar-refractivity contribution in [1.82, 2.24) is 15.1 Å². The van der Waals surface area contributed by atoms with Crippen LogP contribution in [-0.4, -0.2) is 42.2 Å². The van der Waals surface area contributed by atoms with E-state index in [1.54, 1.807) is 10.9 Å². The van der Waals surface area contributed by atoms with Gasteiger partial charge in [-0.1, -0.05) is 0 Å². The fourth-order valence-corrected chi connectivity index (χ4v) is 3.99. The number of nitrogens with zero attached hydrogens (tertiary/aromatic N) is 2. The van der Waals surface area contributed by atoms with Crippen LogP contribution in [0.2, 0.25) is 0 Å². The van der Waals surface area contributed by atoms with Gasteiger partial charge in [0, 0.05) is 19.3 Å². The van der Waals surface area contributed by atoms with Gasteiger partial charge in [-0.05, 0) is 19.3 Å². The zero-order valence-corrected chi connectivity index (χ0v) is 11.6. The van der Waals surface area contributed by atoms with E-state index in [0.717, 1.165) is 0 Å². The van der Waals surface area contributed by atoms with Crippen molar-refractivity contribution in [2.45, 2.75) is 19.9 Å². The molecule has 1 fully saturated rings. The standard InChI is InChI=1S/C11H18N4O3S/c1-2-15-6-9(12)10(14-15)11(16)13-5-8-3-4-19(17,18)7-8/h6,8H,2-5,7,12H2,1H3,(H,13,16). The Kier molecular flexibility index (Phi) is 3.79. The van der Waals surface area contributed by atoms with Crippen molar-refractivity contribution in [3.8, 4) is 0 Å². The predicted molar refractivity (Wildman–Crippen MR) is 71.4 cm³/mol. The third-order valence-corrected chi connectivity index (χ3v) is 5.04. The second-order valence-electron chi connectivity index (χ2n) is 4.77. The highest BCUT2D eigenvalue weighted by Crippen LogP contribution is 2.17. The first-order chi connectivity index (χ1) is 8.91. The van der Waals surface area contributed by atoms with Crippen LogP contribution in [0.4, 0.5) is 5.69 Å². The second kappa shape index (κ2) is 5.20. The first kappa shape index (κ1) is 13.9. The highest BCUT2D eigenvalue weighted by atomic mass is 32.2. The molecule has 19 heavy (non-hydrogen) atoms. The van der Waals surface area contributed by atoms with Crippen molar-refractivity contribution < 1.29 is 13.2 Å². The van der Waals surface area contributed by atoms with E-state index in [0.29, 0.717) is 25.2 Å². The molecule has 1 amide bonds. The van der Waals surface area contributed by atoms with Crippen LogP contribution in [0.3, 0.4) is 0 Å². The smallest absolute Gasteiger partial charge is 0.273 e. The number of carbonyl (C=O) groups is 1. The number of nitrogens with two attached hydrogens (primary N) is 1. The number of rotatable bonds is 4. The third kappa shape index (κ3) is 3.25. The van der Waals surface area contributed by atoms with Crippen LogP contribution in [0.25, 0.3) is 0 Å². The number of hydrogen-bond acceptors (Lipinski definition) is 5. The summed E-state index contributed by atoms with van der Waals surface area (Å²) in [4.78, 5) is 11.9. The molecule has 0 saturated carbocycles. The summed E-state index contributed by atoms with van der Waals surface area (Å²) in [6, 6.07) is 0. The summed E-state index contributed by atoms with van der Waals surface area (Å²) >= 11 is 0. The van der Waals surface area contributed by atoms with Gasteiger partial charge in [0.05, 0.1) is 17.2 Å². The summed E-state index contributed by atoms with van der Waals surface area (Å²) in [6.07, 6.45) is 2.20. The predicted octanol–water partition coefficient (Wildman–Crippen LogP) is -0.350. The number of anilines is 1. The van der Waals surface area contributed by atoms with Crippen LogP contribution >= 0.6 is 0 Å². The minimum atomic E-state index is -2.91. The van der Waals surface area contributed by atoms with Gasteiger partial charge in [0.2, 0.25) is 0 Å². The molecule has 106 valence electrons. The first-order valence-electron chi connectivity index (χ1n) is 6.23. The van der Waals surface area contributed by atoms with Gasteiger partial charge >= 0.3 is 0 Å². The lowest BCUT2D eigenvalue weighted by Crippen LogP contribution is -2.30. The zero-order valence-electron chi connectivity index (χ0n) is 10.8. The van der Waals surface area contributed by atoms with Gasteiger partial charge in [-0.3, -0.25) is 9.48 Å². The van der Waals surface area contributed by atoms with Crippen LogP contribution in [-0.2, 0) is 16.4 Å². The fourth-order valence-electron chi connectivity index (χ4n) is 2.13. The van der Waals surface area contributed by atoms with Gasteiger partial charge < -0.3 is 11.1 Å². The first-order valence-corrected chi connectivity index (χ1v) is 8.05. The maximum absolute atomic E-state index is 11.9.